The van der Waals surface area contributed by atoms with E-state index in [4.69, 9.17) is 0 Å². The highest BCUT2D eigenvalue weighted by molar-refractivity contribution is 7.89. The number of rotatable bonds is 7. The molecule has 0 unspecified atom stereocenters. The first-order chi connectivity index (χ1) is 9.77. The smallest absolute Gasteiger partial charge is 0.243 e. The third kappa shape index (κ3) is 5.10. The number of nitrogens with zero attached hydrogens (tertiary/aromatic N) is 1. The Hall–Kier alpha value is -1.46. The summed E-state index contributed by atoms with van der Waals surface area (Å²) >= 11 is 0. The van der Waals surface area contributed by atoms with Crippen molar-refractivity contribution in [3.05, 3.63) is 41.5 Å². The number of carbonyl (C=O) groups excluding carboxylic acids is 1. The van der Waals surface area contributed by atoms with E-state index in [-0.39, 0.29) is 23.8 Å². The fourth-order valence-corrected chi connectivity index (χ4v) is 3.06. The molecular formula is C16H23NO3S. The number of sulfonamides is 1. The molecule has 0 spiro atoms. The molecule has 0 amide bonds. The van der Waals surface area contributed by atoms with Crippen LogP contribution in [0.4, 0.5) is 0 Å². The van der Waals surface area contributed by atoms with Crippen molar-refractivity contribution in [2.45, 2.75) is 39.0 Å². The van der Waals surface area contributed by atoms with Gasteiger partial charge in [-0.15, -0.1) is 0 Å². The van der Waals surface area contributed by atoms with E-state index in [1.807, 2.05) is 26.8 Å². The van der Waals surface area contributed by atoms with Crippen molar-refractivity contribution in [3.8, 4) is 0 Å². The van der Waals surface area contributed by atoms with Crippen LogP contribution < -0.4 is 0 Å². The number of carbonyl (C=O) groups is 1. The highest BCUT2D eigenvalue weighted by Gasteiger charge is 2.25. The van der Waals surface area contributed by atoms with Crippen LogP contribution >= 0.6 is 0 Å². The quantitative estimate of drug-likeness (QED) is 0.728. The Morgan fingerprint density at radius 2 is 1.76 bits per heavy atom. The van der Waals surface area contributed by atoms with Crippen LogP contribution in [0.5, 0.6) is 0 Å². The first kappa shape index (κ1) is 17.6. The average Bonchev–Trinajstić information content (AvgIpc) is 2.43. The van der Waals surface area contributed by atoms with Crippen LogP contribution in [0.3, 0.4) is 0 Å². The van der Waals surface area contributed by atoms with Crippen molar-refractivity contribution in [2.24, 2.45) is 0 Å². The SMILES string of the molecule is CCC(=O)CN(CC=C(C)C)S(=O)(=O)c1ccc(C)cc1. The summed E-state index contributed by atoms with van der Waals surface area (Å²) in [6.07, 6.45) is 2.14. The monoisotopic (exact) mass is 309 g/mol. The first-order valence-corrected chi connectivity index (χ1v) is 8.43. The molecule has 1 aromatic carbocycles. The van der Waals surface area contributed by atoms with Gasteiger partial charge in [0.25, 0.3) is 0 Å². The number of hydrogen-bond donors (Lipinski definition) is 0. The molecule has 0 heterocycles. The third-order valence-corrected chi connectivity index (χ3v) is 4.93. The minimum Gasteiger partial charge on any atom is -0.298 e. The van der Waals surface area contributed by atoms with Gasteiger partial charge in [-0.1, -0.05) is 36.3 Å². The maximum Gasteiger partial charge on any atom is 0.243 e. The Kier molecular flexibility index (Phi) is 6.30. The summed E-state index contributed by atoms with van der Waals surface area (Å²) in [4.78, 5) is 11.9. The summed E-state index contributed by atoms with van der Waals surface area (Å²) in [7, 11) is -3.65. The molecule has 0 aliphatic rings. The third-order valence-electron chi connectivity index (χ3n) is 3.11. The van der Waals surface area contributed by atoms with Crippen molar-refractivity contribution >= 4 is 15.8 Å². The summed E-state index contributed by atoms with van der Waals surface area (Å²) in [5.74, 6) is -0.0900. The maximum atomic E-state index is 12.7. The van der Waals surface area contributed by atoms with Crippen molar-refractivity contribution in [1.82, 2.24) is 4.31 Å². The molecule has 21 heavy (non-hydrogen) atoms. The zero-order chi connectivity index (χ0) is 16.0. The molecule has 116 valence electrons. The molecule has 0 aromatic heterocycles. The van der Waals surface area contributed by atoms with Crippen molar-refractivity contribution in [1.29, 1.82) is 0 Å². The summed E-state index contributed by atoms with van der Waals surface area (Å²) in [6.45, 7) is 7.56. The predicted octanol–water partition coefficient (Wildman–Crippen LogP) is 2.93. The molecule has 5 heteroatoms. The predicted molar refractivity (Wildman–Crippen MR) is 84.7 cm³/mol. The molecule has 0 bridgehead atoms. The zero-order valence-corrected chi connectivity index (χ0v) is 13.9. The molecule has 0 saturated heterocycles. The molecule has 1 aromatic rings. The Labute approximate surface area is 127 Å². The maximum absolute atomic E-state index is 12.7. The molecule has 0 radical (unpaired) electrons. The summed E-state index contributed by atoms with van der Waals surface area (Å²) in [5.41, 5.74) is 2.01. The Morgan fingerprint density at radius 3 is 2.24 bits per heavy atom. The van der Waals surface area contributed by atoms with Gasteiger partial charge in [-0.05, 0) is 32.9 Å². The van der Waals surface area contributed by atoms with E-state index in [9.17, 15) is 13.2 Å². The Balaban J connectivity index is 3.12. The second kappa shape index (κ2) is 7.52. The van der Waals surface area contributed by atoms with E-state index in [0.29, 0.717) is 6.42 Å². The molecule has 0 N–H and O–H groups in total. The lowest BCUT2D eigenvalue weighted by atomic mass is 10.2. The number of hydrogen-bond acceptors (Lipinski definition) is 3. The molecular weight excluding hydrogens is 286 g/mol. The Bertz CT molecular complexity index is 611. The van der Waals surface area contributed by atoms with E-state index < -0.39 is 10.0 Å². The van der Waals surface area contributed by atoms with E-state index in [2.05, 4.69) is 0 Å². The van der Waals surface area contributed by atoms with Gasteiger partial charge in [0.15, 0.2) is 0 Å². The Morgan fingerprint density at radius 1 is 1.19 bits per heavy atom. The van der Waals surface area contributed by atoms with Gasteiger partial charge in [0.05, 0.1) is 11.4 Å². The molecule has 0 aliphatic carbocycles. The summed E-state index contributed by atoms with van der Waals surface area (Å²) in [6, 6.07) is 6.68. The average molecular weight is 309 g/mol. The van der Waals surface area contributed by atoms with Gasteiger partial charge in [0, 0.05) is 13.0 Å². The number of ketones is 1. The number of benzene rings is 1. The second-order valence-corrected chi connectivity index (χ2v) is 7.22. The molecule has 0 atom stereocenters. The molecule has 4 nitrogen and oxygen atoms in total. The highest BCUT2D eigenvalue weighted by Crippen LogP contribution is 2.17. The lowest BCUT2D eigenvalue weighted by molar-refractivity contribution is -0.118. The normalized spacial score (nSPS) is 11.5. The van der Waals surface area contributed by atoms with E-state index in [1.54, 1.807) is 31.2 Å². The summed E-state index contributed by atoms with van der Waals surface area (Å²) in [5, 5.41) is 0. The van der Waals surface area contributed by atoms with Crippen LogP contribution in [0.2, 0.25) is 0 Å². The van der Waals surface area contributed by atoms with Gasteiger partial charge in [-0.3, -0.25) is 4.79 Å². The molecule has 0 fully saturated rings. The fourth-order valence-electron chi connectivity index (χ4n) is 1.70. The molecule has 0 saturated carbocycles. The second-order valence-electron chi connectivity index (χ2n) is 5.28. The highest BCUT2D eigenvalue weighted by atomic mass is 32.2. The van der Waals surface area contributed by atoms with E-state index in [1.165, 1.54) is 4.31 Å². The minimum atomic E-state index is -3.65. The van der Waals surface area contributed by atoms with Gasteiger partial charge in [0.2, 0.25) is 10.0 Å². The van der Waals surface area contributed by atoms with Crippen LogP contribution in [0.1, 0.15) is 32.8 Å². The number of aryl methyl sites for hydroxylation is 1. The van der Waals surface area contributed by atoms with Crippen LogP contribution in [-0.2, 0) is 14.8 Å². The van der Waals surface area contributed by atoms with Gasteiger partial charge < -0.3 is 0 Å². The largest absolute Gasteiger partial charge is 0.298 e. The fraction of sp³-hybridized carbons (Fsp3) is 0.438. The minimum absolute atomic E-state index is 0.0868. The topological polar surface area (TPSA) is 54.5 Å². The first-order valence-electron chi connectivity index (χ1n) is 6.99. The van der Waals surface area contributed by atoms with Crippen LogP contribution in [0.15, 0.2) is 40.8 Å². The summed E-state index contributed by atoms with van der Waals surface area (Å²) < 4.78 is 26.5. The van der Waals surface area contributed by atoms with Gasteiger partial charge in [-0.2, -0.15) is 4.31 Å². The van der Waals surface area contributed by atoms with Crippen LogP contribution in [-0.4, -0.2) is 31.6 Å². The zero-order valence-electron chi connectivity index (χ0n) is 13.1. The molecule has 1 rings (SSSR count). The lowest BCUT2D eigenvalue weighted by Gasteiger charge is -2.20. The van der Waals surface area contributed by atoms with E-state index in [0.717, 1.165) is 11.1 Å². The van der Waals surface area contributed by atoms with Gasteiger partial charge in [-0.25, -0.2) is 8.42 Å². The number of Topliss-reactive ketones (excluding diaryl/α,β-unsaturated/α-hetero) is 1. The van der Waals surface area contributed by atoms with Gasteiger partial charge >= 0.3 is 0 Å². The van der Waals surface area contributed by atoms with Crippen molar-refractivity contribution in [3.63, 3.8) is 0 Å². The lowest BCUT2D eigenvalue weighted by Crippen LogP contribution is -2.35. The number of allylic oxidation sites excluding steroid dienone is 1. The van der Waals surface area contributed by atoms with Crippen LogP contribution in [0, 0.1) is 6.92 Å². The van der Waals surface area contributed by atoms with Gasteiger partial charge in [0.1, 0.15) is 5.78 Å². The van der Waals surface area contributed by atoms with Crippen molar-refractivity contribution < 1.29 is 13.2 Å². The molecule has 0 aliphatic heterocycles. The van der Waals surface area contributed by atoms with Crippen molar-refractivity contribution in [2.75, 3.05) is 13.1 Å². The van der Waals surface area contributed by atoms with Crippen LogP contribution in [0.25, 0.3) is 0 Å². The standard InChI is InChI=1S/C16H23NO3S/c1-5-15(18)12-17(11-10-13(2)3)21(19,20)16-8-6-14(4)7-9-16/h6-10H,5,11-12H2,1-4H3. The van der Waals surface area contributed by atoms with E-state index >= 15 is 0 Å².